The lowest BCUT2D eigenvalue weighted by molar-refractivity contribution is -0.903. The zero-order valence-corrected chi connectivity index (χ0v) is 12.5. The Morgan fingerprint density at radius 3 is 2.76 bits per heavy atom. The molecule has 1 saturated heterocycles. The summed E-state index contributed by atoms with van der Waals surface area (Å²) in [5.41, 5.74) is 0. The Kier molecular flexibility index (Phi) is 5.99. The summed E-state index contributed by atoms with van der Waals surface area (Å²) in [5, 5.41) is 2.86. The molecule has 0 radical (unpaired) electrons. The van der Waals surface area contributed by atoms with Gasteiger partial charge >= 0.3 is 0 Å². The molecule has 1 atom stereocenters. The number of nitrogens with one attached hydrogen (secondary N) is 2. The number of rotatable bonds is 6. The predicted molar refractivity (Wildman–Crippen MR) is 78.9 cm³/mol. The third-order valence-electron chi connectivity index (χ3n) is 3.85. The number of carbonyl (C=O) groups is 1. The molecule has 1 aliphatic rings. The van der Waals surface area contributed by atoms with Crippen molar-refractivity contribution in [2.45, 2.75) is 32.3 Å². The smallest absolute Gasteiger partial charge is 0.260 e. The van der Waals surface area contributed by atoms with Crippen molar-refractivity contribution in [1.29, 1.82) is 0 Å². The van der Waals surface area contributed by atoms with Crippen LogP contribution in [0.3, 0.4) is 0 Å². The minimum atomic E-state index is -0.696. The van der Waals surface area contributed by atoms with E-state index in [1.807, 2.05) is 0 Å². The second-order valence-corrected chi connectivity index (χ2v) is 5.54. The van der Waals surface area contributed by atoms with Gasteiger partial charge in [-0.3, -0.25) is 4.79 Å². The molecule has 1 fully saturated rings. The van der Waals surface area contributed by atoms with E-state index in [1.165, 1.54) is 44.5 Å². The molecule has 0 unspecified atom stereocenters. The van der Waals surface area contributed by atoms with Gasteiger partial charge in [-0.25, -0.2) is 4.39 Å². The van der Waals surface area contributed by atoms with Gasteiger partial charge in [0.25, 0.3) is 5.91 Å². The van der Waals surface area contributed by atoms with E-state index in [2.05, 4.69) is 5.32 Å². The first-order chi connectivity index (χ1) is 10.2. The van der Waals surface area contributed by atoms with E-state index in [-0.39, 0.29) is 11.7 Å². The Morgan fingerprint density at radius 1 is 1.33 bits per heavy atom. The van der Waals surface area contributed by atoms with Gasteiger partial charge in [-0.1, -0.05) is 12.1 Å². The summed E-state index contributed by atoms with van der Waals surface area (Å²) in [6.07, 6.45) is 3.17. The van der Waals surface area contributed by atoms with Crippen molar-refractivity contribution >= 4 is 5.91 Å². The van der Waals surface area contributed by atoms with E-state index in [0.29, 0.717) is 6.54 Å². The molecular weight excluding hydrogens is 271 g/mol. The maximum absolute atomic E-state index is 13.4. The van der Waals surface area contributed by atoms with E-state index >= 15 is 0 Å². The van der Waals surface area contributed by atoms with Crippen LogP contribution in [0, 0.1) is 5.82 Å². The SMILES string of the molecule is C[C@@H](Oc1ccccc1F)C(=O)NCC[NH+]1CCCCC1. The summed E-state index contributed by atoms with van der Waals surface area (Å²) < 4.78 is 18.8. The van der Waals surface area contributed by atoms with Crippen molar-refractivity contribution in [2.24, 2.45) is 0 Å². The van der Waals surface area contributed by atoms with Crippen LogP contribution in [0.2, 0.25) is 0 Å². The third-order valence-corrected chi connectivity index (χ3v) is 3.85. The summed E-state index contributed by atoms with van der Waals surface area (Å²) in [6, 6.07) is 6.12. The maximum atomic E-state index is 13.4. The van der Waals surface area contributed by atoms with Crippen LogP contribution in [-0.4, -0.2) is 38.2 Å². The number of ether oxygens (including phenoxy) is 1. The number of hydrogen-bond donors (Lipinski definition) is 2. The van der Waals surface area contributed by atoms with Gasteiger partial charge in [-0.05, 0) is 38.3 Å². The van der Waals surface area contributed by atoms with Gasteiger partial charge in [0.1, 0.15) is 0 Å². The lowest BCUT2D eigenvalue weighted by Crippen LogP contribution is -3.13. The van der Waals surface area contributed by atoms with E-state index in [1.54, 1.807) is 24.0 Å². The highest BCUT2D eigenvalue weighted by atomic mass is 19.1. The number of piperidine rings is 1. The zero-order chi connectivity index (χ0) is 15.1. The molecule has 2 N–H and O–H groups in total. The number of hydrogen-bond acceptors (Lipinski definition) is 2. The topological polar surface area (TPSA) is 42.8 Å². The van der Waals surface area contributed by atoms with E-state index in [9.17, 15) is 9.18 Å². The summed E-state index contributed by atoms with van der Waals surface area (Å²) >= 11 is 0. The fraction of sp³-hybridized carbons (Fsp3) is 0.562. The van der Waals surface area contributed by atoms with Crippen LogP contribution in [-0.2, 0) is 4.79 Å². The highest BCUT2D eigenvalue weighted by molar-refractivity contribution is 5.80. The Bertz CT molecular complexity index is 461. The lowest BCUT2D eigenvalue weighted by atomic mass is 10.1. The number of likely N-dealkylation sites (tertiary alicyclic amines) is 1. The van der Waals surface area contributed by atoms with E-state index in [4.69, 9.17) is 4.74 Å². The number of benzene rings is 1. The summed E-state index contributed by atoms with van der Waals surface area (Å²) in [4.78, 5) is 13.5. The molecule has 0 spiro atoms. The second kappa shape index (κ2) is 7.98. The van der Waals surface area contributed by atoms with E-state index in [0.717, 1.165) is 6.54 Å². The highest BCUT2D eigenvalue weighted by Crippen LogP contribution is 2.16. The first-order valence-corrected chi connectivity index (χ1v) is 7.69. The number of carbonyl (C=O) groups excluding carboxylic acids is 1. The fourth-order valence-electron chi connectivity index (χ4n) is 2.59. The van der Waals surface area contributed by atoms with Gasteiger partial charge in [-0.15, -0.1) is 0 Å². The van der Waals surface area contributed by atoms with Gasteiger partial charge in [0.05, 0.1) is 26.2 Å². The van der Waals surface area contributed by atoms with Gasteiger partial charge in [0.15, 0.2) is 17.7 Å². The van der Waals surface area contributed by atoms with Crippen LogP contribution in [0.5, 0.6) is 5.75 Å². The number of amides is 1. The standard InChI is InChI=1S/C16H23FN2O2/c1-13(21-15-8-4-3-7-14(15)17)16(20)18-9-12-19-10-5-2-6-11-19/h3-4,7-8,13H,2,5-6,9-12H2,1H3,(H,18,20)/p+1/t13-/m1/s1. The normalized spacial score (nSPS) is 17.2. The molecule has 1 aromatic rings. The van der Waals surface area contributed by atoms with Crippen molar-refractivity contribution in [1.82, 2.24) is 5.32 Å². The van der Waals surface area contributed by atoms with Crippen LogP contribution in [0.25, 0.3) is 0 Å². The molecule has 5 heteroatoms. The Morgan fingerprint density at radius 2 is 2.05 bits per heavy atom. The van der Waals surface area contributed by atoms with Gasteiger partial charge in [-0.2, -0.15) is 0 Å². The van der Waals surface area contributed by atoms with Crippen molar-refractivity contribution in [3.8, 4) is 5.75 Å². The summed E-state index contributed by atoms with van der Waals surface area (Å²) in [7, 11) is 0. The molecule has 0 aliphatic carbocycles. The summed E-state index contributed by atoms with van der Waals surface area (Å²) in [6.45, 7) is 5.60. The molecule has 4 nitrogen and oxygen atoms in total. The third kappa shape index (κ3) is 5.01. The van der Waals surface area contributed by atoms with Crippen molar-refractivity contribution in [3.05, 3.63) is 30.1 Å². The number of para-hydroxylation sites is 1. The quantitative estimate of drug-likeness (QED) is 0.814. The van der Waals surface area contributed by atoms with Gasteiger partial charge in [0.2, 0.25) is 0 Å². The van der Waals surface area contributed by atoms with Gasteiger partial charge < -0.3 is 15.0 Å². The molecule has 21 heavy (non-hydrogen) atoms. The van der Waals surface area contributed by atoms with Gasteiger partial charge in [0, 0.05) is 0 Å². The van der Waals surface area contributed by atoms with Crippen molar-refractivity contribution in [3.63, 3.8) is 0 Å². The second-order valence-electron chi connectivity index (χ2n) is 5.54. The molecule has 1 amide bonds. The minimum Gasteiger partial charge on any atom is -0.478 e. The molecule has 0 saturated carbocycles. The molecule has 1 heterocycles. The highest BCUT2D eigenvalue weighted by Gasteiger charge is 2.17. The lowest BCUT2D eigenvalue weighted by Gasteiger charge is -2.23. The maximum Gasteiger partial charge on any atom is 0.260 e. The molecular formula is C16H24FN2O2+. The first kappa shape index (κ1) is 15.8. The number of quaternary nitrogens is 1. The van der Waals surface area contributed by atoms with E-state index < -0.39 is 11.9 Å². The molecule has 116 valence electrons. The van der Waals surface area contributed by atoms with Crippen LogP contribution in [0.4, 0.5) is 4.39 Å². The van der Waals surface area contributed by atoms with Crippen LogP contribution in [0.1, 0.15) is 26.2 Å². The van der Waals surface area contributed by atoms with Crippen LogP contribution < -0.4 is 15.0 Å². The molecule has 0 aromatic heterocycles. The molecule has 1 aromatic carbocycles. The Balaban J connectivity index is 1.71. The number of halogens is 1. The fourth-order valence-corrected chi connectivity index (χ4v) is 2.59. The average Bonchev–Trinajstić information content (AvgIpc) is 2.50. The average molecular weight is 295 g/mol. The predicted octanol–water partition coefficient (Wildman–Crippen LogP) is 0.778. The zero-order valence-electron chi connectivity index (χ0n) is 12.5. The molecule has 2 rings (SSSR count). The van der Waals surface area contributed by atoms with Crippen molar-refractivity contribution < 1.29 is 18.8 Å². The molecule has 1 aliphatic heterocycles. The first-order valence-electron chi connectivity index (χ1n) is 7.69. The van der Waals surface area contributed by atoms with Crippen LogP contribution in [0.15, 0.2) is 24.3 Å². The van der Waals surface area contributed by atoms with Crippen LogP contribution >= 0.6 is 0 Å². The Labute approximate surface area is 125 Å². The summed E-state index contributed by atoms with van der Waals surface area (Å²) in [5.74, 6) is -0.536. The van der Waals surface area contributed by atoms with Crippen molar-refractivity contribution in [2.75, 3.05) is 26.2 Å². The Hall–Kier alpha value is -1.62. The minimum absolute atomic E-state index is 0.113. The largest absolute Gasteiger partial charge is 0.478 e. The monoisotopic (exact) mass is 295 g/mol. The molecule has 0 bridgehead atoms.